The summed E-state index contributed by atoms with van der Waals surface area (Å²) >= 11 is 0. The Hall–Kier alpha value is -2.32. The first-order chi connectivity index (χ1) is 18.5. The van der Waals surface area contributed by atoms with E-state index in [0.29, 0.717) is 0 Å². The van der Waals surface area contributed by atoms with Crippen LogP contribution in [0.3, 0.4) is 0 Å². The molecular weight excluding hydrogens is 642 g/mol. The standard InChI is InChI=1S/C20H20F18N2O2/c21-13(22,15(25,26)17(29,30)19(33,34)35)7-5-11(41)39-9-3-1-2-4-10(9)40-12(42)6-8-14(23,24)16(27,28)18(31,32)20(36,37)38/h9-10H,1-8H2,(H,39,41)(H,40,42)/t9-,10-/m1/s1. The summed E-state index contributed by atoms with van der Waals surface area (Å²) in [5.74, 6) is -43.8. The molecule has 248 valence electrons. The van der Waals surface area contributed by atoms with Crippen molar-refractivity contribution in [2.75, 3.05) is 0 Å². The van der Waals surface area contributed by atoms with E-state index in [1.54, 1.807) is 0 Å². The third-order valence-electron chi connectivity index (χ3n) is 6.21. The maximum atomic E-state index is 13.6. The van der Waals surface area contributed by atoms with Gasteiger partial charge in [-0.1, -0.05) is 12.8 Å². The highest BCUT2D eigenvalue weighted by Gasteiger charge is 2.82. The summed E-state index contributed by atoms with van der Waals surface area (Å²) in [4.78, 5) is 23.9. The first kappa shape index (κ1) is 37.7. The third kappa shape index (κ3) is 7.42. The van der Waals surface area contributed by atoms with Crippen LogP contribution >= 0.6 is 0 Å². The molecule has 42 heavy (non-hydrogen) atoms. The summed E-state index contributed by atoms with van der Waals surface area (Å²) < 4.78 is 233. The summed E-state index contributed by atoms with van der Waals surface area (Å²) in [5.41, 5.74) is 0. The van der Waals surface area contributed by atoms with Gasteiger partial charge >= 0.3 is 47.9 Å². The molecule has 0 bridgehead atoms. The third-order valence-corrected chi connectivity index (χ3v) is 6.21. The molecule has 1 rings (SSSR count). The average Bonchev–Trinajstić information content (AvgIpc) is 2.81. The normalized spacial score (nSPS) is 20.3. The molecule has 0 saturated heterocycles. The summed E-state index contributed by atoms with van der Waals surface area (Å²) in [5, 5.41) is 3.73. The van der Waals surface area contributed by atoms with E-state index >= 15 is 0 Å². The van der Waals surface area contributed by atoms with E-state index in [2.05, 4.69) is 0 Å². The van der Waals surface area contributed by atoms with Gasteiger partial charge in [0.15, 0.2) is 0 Å². The van der Waals surface area contributed by atoms with Gasteiger partial charge in [-0.2, -0.15) is 79.0 Å². The maximum Gasteiger partial charge on any atom is 0.460 e. The van der Waals surface area contributed by atoms with Crippen LogP contribution in [0.1, 0.15) is 51.4 Å². The maximum absolute atomic E-state index is 13.6. The predicted molar refractivity (Wildman–Crippen MR) is 103 cm³/mol. The molecule has 0 aromatic carbocycles. The van der Waals surface area contributed by atoms with Crippen molar-refractivity contribution >= 4 is 11.8 Å². The lowest BCUT2D eigenvalue weighted by Gasteiger charge is -2.35. The first-order valence-electron chi connectivity index (χ1n) is 11.5. The van der Waals surface area contributed by atoms with Crippen molar-refractivity contribution in [2.24, 2.45) is 0 Å². The van der Waals surface area contributed by atoms with Crippen LogP contribution in [-0.2, 0) is 9.59 Å². The number of hydrogen-bond donors (Lipinski definition) is 2. The number of carbonyl (C=O) groups is 2. The van der Waals surface area contributed by atoms with Crippen molar-refractivity contribution in [3.63, 3.8) is 0 Å². The Labute approximate surface area is 223 Å². The molecule has 0 unspecified atom stereocenters. The van der Waals surface area contributed by atoms with Crippen molar-refractivity contribution in [2.45, 2.75) is 111 Å². The number of carbonyl (C=O) groups excluding carboxylic acids is 2. The van der Waals surface area contributed by atoms with Gasteiger partial charge in [-0.05, 0) is 12.8 Å². The minimum absolute atomic E-state index is 0.165. The molecule has 0 heterocycles. The van der Waals surface area contributed by atoms with Crippen LogP contribution in [-0.4, -0.2) is 71.8 Å². The van der Waals surface area contributed by atoms with Crippen molar-refractivity contribution in [3.05, 3.63) is 0 Å². The Kier molecular flexibility index (Phi) is 10.8. The largest absolute Gasteiger partial charge is 0.460 e. The highest BCUT2D eigenvalue weighted by atomic mass is 19.4. The van der Waals surface area contributed by atoms with Crippen LogP contribution < -0.4 is 10.6 Å². The van der Waals surface area contributed by atoms with Crippen molar-refractivity contribution in [3.8, 4) is 0 Å². The Balaban J connectivity index is 2.84. The lowest BCUT2D eigenvalue weighted by atomic mass is 9.89. The van der Waals surface area contributed by atoms with Crippen molar-refractivity contribution in [1.82, 2.24) is 10.6 Å². The molecule has 0 radical (unpaired) electrons. The molecule has 22 heteroatoms. The van der Waals surface area contributed by atoms with Crippen LogP contribution in [0.4, 0.5) is 79.0 Å². The molecule has 2 atom stereocenters. The highest BCUT2D eigenvalue weighted by Crippen LogP contribution is 2.55. The fourth-order valence-corrected chi connectivity index (χ4v) is 3.70. The van der Waals surface area contributed by atoms with Gasteiger partial charge in [-0.3, -0.25) is 9.59 Å². The predicted octanol–water partition coefficient (Wildman–Crippen LogP) is 7.03. The molecule has 2 N–H and O–H groups in total. The molecule has 0 spiro atoms. The molecule has 0 aromatic heterocycles. The lowest BCUT2D eigenvalue weighted by molar-refractivity contribution is -0.396. The Morgan fingerprint density at radius 3 is 0.976 bits per heavy atom. The molecule has 4 nitrogen and oxygen atoms in total. The van der Waals surface area contributed by atoms with Gasteiger partial charge in [-0.15, -0.1) is 0 Å². The zero-order valence-electron chi connectivity index (χ0n) is 20.4. The van der Waals surface area contributed by atoms with E-state index in [0.717, 1.165) is 0 Å². The molecule has 1 aliphatic rings. The lowest BCUT2D eigenvalue weighted by Crippen LogP contribution is -2.61. The van der Waals surface area contributed by atoms with Gasteiger partial charge < -0.3 is 10.6 Å². The Morgan fingerprint density at radius 1 is 0.476 bits per heavy atom. The fourth-order valence-electron chi connectivity index (χ4n) is 3.70. The van der Waals surface area contributed by atoms with Gasteiger partial charge in [-0.25, -0.2) is 0 Å². The number of nitrogens with one attached hydrogen (secondary N) is 2. The molecular formula is C20H20F18N2O2. The average molecular weight is 662 g/mol. The van der Waals surface area contributed by atoms with E-state index in [4.69, 9.17) is 0 Å². The quantitative estimate of drug-likeness (QED) is 0.221. The summed E-state index contributed by atoms with van der Waals surface area (Å²) in [7, 11) is 0. The smallest absolute Gasteiger partial charge is 0.351 e. The second-order valence-electron chi connectivity index (χ2n) is 9.33. The van der Waals surface area contributed by atoms with Crippen LogP contribution in [0, 0.1) is 0 Å². The van der Waals surface area contributed by atoms with E-state index in [1.807, 2.05) is 10.6 Å². The number of rotatable bonds is 12. The van der Waals surface area contributed by atoms with Crippen LogP contribution in [0.5, 0.6) is 0 Å². The molecule has 1 aliphatic carbocycles. The van der Waals surface area contributed by atoms with E-state index in [9.17, 15) is 88.6 Å². The van der Waals surface area contributed by atoms with Gasteiger partial charge in [0.05, 0.1) is 0 Å². The van der Waals surface area contributed by atoms with Gasteiger partial charge in [0.1, 0.15) is 0 Å². The highest BCUT2D eigenvalue weighted by molar-refractivity contribution is 5.78. The molecule has 1 saturated carbocycles. The number of hydrogen-bond acceptors (Lipinski definition) is 2. The minimum Gasteiger partial charge on any atom is -0.351 e. The Morgan fingerprint density at radius 2 is 0.738 bits per heavy atom. The van der Waals surface area contributed by atoms with E-state index in [1.165, 1.54) is 0 Å². The second kappa shape index (κ2) is 12.0. The number of amides is 2. The molecule has 2 amide bonds. The zero-order valence-corrected chi connectivity index (χ0v) is 20.4. The fraction of sp³-hybridized carbons (Fsp3) is 0.900. The first-order valence-corrected chi connectivity index (χ1v) is 11.5. The minimum atomic E-state index is -7.19. The molecule has 1 fully saturated rings. The topological polar surface area (TPSA) is 58.2 Å². The van der Waals surface area contributed by atoms with Crippen molar-refractivity contribution in [1.29, 1.82) is 0 Å². The van der Waals surface area contributed by atoms with Crippen molar-refractivity contribution < 1.29 is 88.6 Å². The summed E-state index contributed by atoms with van der Waals surface area (Å²) in [6.07, 6.45) is -22.7. The SMILES string of the molecule is O=C(CCC(F)(F)C(F)(F)C(F)(F)C(F)(F)F)N[C@@H]1CCCC[C@H]1NC(=O)CCC(F)(F)C(F)(F)C(F)(F)C(F)(F)F. The van der Waals surface area contributed by atoms with Crippen LogP contribution in [0.15, 0.2) is 0 Å². The number of alkyl halides is 18. The van der Waals surface area contributed by atoms with Gasteiger partial charge in [0, 0.05) is 37.8 Å². The summed E-state index contributed by atoms with van der Waals surface area (Å²) in [6.45, 7) is 0. The second-order valence-corrected chi connectivity index (χ2v) is 9.33. The van der Waals surface area contributed by atoms with E-state index < -0.39 is 97.5 Å². The van der Waals surface area contributed by atoms with Gasteiger partial charge in [0.2, 0.25) is 11.8 Å². The van der Waals surface area contributed by atoms with Crippen LogP contribution in [0.25, 0.3) is 0 Å². The molecule has 0 aromatic rings. The van der Waals surface area contributed by atoms with E-state index in [-0.39, 0.29) is 25.7 Å². The summed E-state index contributed by atoms with van der Waals surface area (Å²) in [6, 6.07) is -2.70. The van der Waals surface area contributed by atoms with Gasteiger partial charge in [0.25, 0.3) is 0 Å². The Bertz CT molecular complexity index is 884. The zero-order chi connectivity index (χ0) is 33.4. The number of halogens is 18. The van der Waals surface area contributed by atoms with Crippen LogP contribution in [0.2, 0.25) is 0 Å². The monoisotopic (exact) mass is 662 g/mol. The molecule has 0 aliphatic heterocycles.